The van der Waals surface area contributed by atoms with E-state index in [2.05, 4.69) is 28.6 Å². The molecule has 92 valence electrons. The molecule has 4 saturated carbocycles. The smallest absolute Gasteiger partial charge is 0.119 e. The summed E-state index contributed by atoms with van der Waals surface area (Å²) >= 11 is 0. The maximum absolute atomic E-state index is 4.04. The van der Waals surface area contributed by atoms with Crippen LogP contribution in [0.3, 0.4) is 0 Å². The van der Waals surface area contributed by atoms with Crippen LogP contribution in [-0.4, -0.2) is 14.8 Å². The van der Waals surface area contributed by atoms with Crippen molar-refractivity contribution in [3.63, 3.8) is 0 Å². The molecule has 0 radical (unpaired) electrons. The van der Waals surface area contributed by atoms with E-state index in [4.69, 9.17) is 0 Å². The lowest BCUT2D eigenvalue weighted by Gasteiger charge is -2.65. The summed E-state index contributed by atoms with van der Waals surface area (Å²) in [5, 5.41) is 8.08. The van der Waals surface area contributed by atoms with Crippen LogP contribution in [0.4, 0.5) is 0 Å². The summed E-state index contributed by atoms with van der Waals surface area (Å²) in [6.45, 7) is 5.02. The van der Waals surface area contributed by atoms with Gasteiger partial charge in [-0.15, -0.1) is 10.2 Å². The normalized spacial score (nSPS) is 52.0. The zero-order valence-corrected chi connectivity index (χ0v) is 10.8. The second-order valence-electron chi connectivity index (χ2n) is 7.72. The molecule has 1 heterocycles. The molecule has 4 fully saturated rings. The molecule has 0 amide bonds. The second-order valence-corrected chi connectivity index (χ2v) is 7.72. The average molecular weight is 231 g/mol. The number of nitrogens with zero attached hydrogens (tertiary/aromatic N) is 3. The molecule has 3 heteroatoms. The van der Waals surface area contributed by atoms with Gasteiger partial charge in [-0.3, -0.25) is 0 Å². The maximum Gasteiger partial charge on any atom is 0.119 e. The van der Waals surface area contributed by atoms with Gasteiger partial charge < -0.3 is 4.57 Å². The summed E-state index contributed by atoms with van der Waals surface area (Å²) in [6, 6.07) is 0. The zero-order valence-electron chi connectivity index (χ0n) is 10.8. The van der Waals surface area contributed by atoms with Crippen molar-refractivity contribution in [2.45, 2.75) is 57.9 Å². The summed E-state index contributed by atoms with van der Waals surface area (Å²) in [7, 11) is 0. The van der Waals surface area contributed by atoms with Crippen molar-refractivity contribution in [1.29, 1.82) is 0 Å². The van der Waals surface area contributed by atoms with Crippen LogP contribution < -0.4 is 0 Å². The van der Waals surface area contributed by atoms with E-state index in [-0.39, 0.29) is 0 Å². The van der Waals surface area contributed by atoms with Crippen LogP contribution in [0.25, 0.3) is 0 Å². The zero-order chi connectivity index (χ0) is 11.7. The maximum atomic E-state index is 4.04. The van der Waals surface area contributed by atoms with E-state index in [1.807, 2.05) is 12.7 Å². The lowest BCUT2D eigenvalue weighted by molar-refractivity contribution is -0.136. The minimum atomic E-state index is 0.340. The van der Waals surface area contributed by atoms with Gasteiger partial charge in [-0.2, -0.15) is 0 Å². The van der Waals surface area contributed by atoms with E-state index < -0.39 is 0 Å². The second kappa shape index (κ2) is 2.76. The summed E-state index contributed by atoms with van der Waals surface area (Å²) in [6.07, 6.45) is 12.3. The number of hydrogen-bond acceptors (Lipinski definition) is 2. The van der Waals surface area contributed by atoms with Crippen LogP contribution >= 0.6 is 0 Å². The molecule has 1 aromatic heterocycles. The van der Waals surface area contributed by atoms with Crippen molar-refractivity contribution < 1.29 is 0 Å². The monoisotopic (exact) mass is 231 g/mol. The minimum absolute atomic E-state index is 0.340. The Balaban J connectivity index is 1.83. The van der Waals surface area contributed by atoms with Crippen LogP contribution in [0.1, 0.15) is 52.4 Å². The van der Waals surface area contributed by atoms with Crippen molar-refractivity contribution in [3.05, 3.63) is 12.7 Å². The van der Waals surface area contributed by atoms with Gasteiger partial charge in [-0.1, -0.05) is 13.8 Å². The van der Waals surface area contributed by atoms with E-state index in [0.29, 0.717) is 16.4 Å². The summed E-state index contributed by atoms with van der Waals surface area (Å²) < 4.78 is 2.33. The van der Waals surface area contributed by atoms with Crippen molar-refractivity contribution in [3.8, 4) is 0 Å². The molecule has 0 aromatic carbocycles. The van der Waals surface area contributed by atoms with Gasteiger partial charge in [0.2, 0.25) is 0 Å². The molecular weight excluding hydrogens is 210 g/mol. The molecular formula is C14H21N3. The Labute approximate surface area is 103 Å². The van der Waals surface area contributed by atoms with Crippen LogP contribution in [0.5, 0.6) is 0 Å². The van der Waals surface area contributed by atoms with Crippen molar-refractivity contribution in [1.82, 2.24) is 14.8 Å². The van der Waals surface area contributed by atoms with Gasteiger partial charge in [-0.25, -0.2) is 0 Å². The quantitative estimate of drug-likeness (QED) is 0.744. The van der Waals surface area contributed by atoms with Crippen molar-refractivity contribution >= 4 is 0 Å². The molecule has 0 aliphatic heterocycles. The molecule has 0 saturated heterocycles. The number of rotatable bonds is 1. The third kappa shape index (κ3) is 1.28. The average Bonchev–Trinajstić information content (AvgIpc) is 2.63. The van der Waals surface area contributed by atoms with Crippen molar-refractivity contribution in [2.75, 3.05) is 0 Å². The fourth-order valence-corrected chi connectivity index (χ4v) is 6.12. The van der Waals surface area contributed by atoms with Gasteiger partial charge in [0, 0.05) is 5.54 Å². The lowest BCUT2D eigenvalue weighted by atomic mass is 9.42. The third-order valence-electron chi connectivity index (χ3n) is 5.56. The van der Waals surface area contributed by atoms with Gasteiger partial charge in [0.05, 0.1) is 0 Å². The SMILES string of the molecule is CC12CC3CC(C)(C1)CC(n1cnnc1)(C3)C2. The molecule has 5 rings (SSSR count). The fraction of sp³-hybridized carbons (Fsp3) is 0.857. The molecule has 4 bridgehead atoms. The van der Waals surface area contributed by atoms with E-state index in [9.17, 15) is 0 Å². The van der Waals surface area contributed by atoms with Gasteiger partial charge in [0.1, 0.15) is 12.7 Å². The van der Waals surface area contributed by atoms with E-state index >= 15 is 0 Å². The summed E-state index contributed by atoms with van der Waals surface area (Å²) in [5.74, 6) is 0.934. The third-order valence-corrected chi connectivity index (χ3v) is 5.56. The van der Waals surface area contributed by atoms with Gasteiger partial charge in [0.15, 0.2) is 0 Å². The Morgan fingerprint density at radius 2 is 1.53 bits per heavy atom. The molecule has 4 aliphatic carbocycles. The van der Waals surface area contributed by atoms with Crippen LogP contribution in [-0.2, 0) is 5.54 Å². The summed E-state index contributed by atoms with van der Waals surface area (Å²) in [4.78, 5) is 0. The Morgan fingerprint density at radius 3 is 2.06 bits per heavy atom. The largest absolute Gasteiger partial charge is 0.314 e. The Bertz CT molecular complexity index is 432. The highest BCUT2D eigenvalue weighted by molar-refractivity contribution is 5.13. The Hall–Kier alpha value is -0.860. The molecule has 3 nitrogen and oxygen atoms in total. The highest BCUT2D eigenvalue weighted by Crippen LogP contribution is 2.68. The highest BCUT2D eigenvalue weighted by Gasteiger charge is 2.60. The topological polar surface area (TPSA) is 30.7 Å². The molecule has 2 atom stereocenters. The van der Waals surface area contributed by atoms with Crippen LogP contribution in [0.2, 0.25) is 0 Å². The van der Waals surface area contributed by atoms with E-state index in [1.54, 1.807) is 0 Å². The number of hydrogen-bond donors (Lipinski definition) is 0. The first-order chi connectivity index (χ1) is 8.01. The first-order valence-electron chi connectivity index (χ1n) is 6.86. The predicted molar refractivity (Wildman–Crippen MR) is 65.4 cm³/mol. The van der Waals surface area contributed by atoms with Crippen LogP contribution in [0, 0.1) is 16.7 Å². The molecule has 0 spiro atoms. The van der Waals surface area contributed by atoms with Gasteiger partial charge in [-0.05, 0) is 55.3 Å². The lowest BCUT2D eigenvalue weighted by Crippen LogP contribution is -2.58. The fourth-order valence-electron chi connectivity index (χ4n) is 6.12. The molecule has 2 unspecified atom stereocenters. The van der Waals surface area contributed by atoms with E-state index in [0.717, 1.165) is 5.92 Å². The summed E-state index contributed by atoms with van der Waals surface area (Å²) in [5.41, 5.74) is 1.48. The predicted octanol–water partition coefficient (Wildman–Crippen LogP) is 2.98. The standard InChI is InChI=1S/C14H21N3/c1-12-3-11-4-13(2,6-12)8-14(5-11,7-12)17-9-15-16-10-17/h9-11H,3-8H2,1-2H3. The first-order valence-corrected chi connectivity index (χ1v) is 6.86. The molecule has 1 aromatic rings. The van der Waals surface area contributed by atoms with Gasteiger partial charge >= 0.3 is 0 Å². The molecule has 0 N–H and O–H groups in total. The van der Waals surface area contributed by atoms with E-state index in [1.165, 1.54) is 38.5 Å². The minimum Gasteiger partial charge on any atom is -0.314 e. The first kappa shape index (κ1) is 10.1. The number of aromatic nitrogens is 3. The molecule has 17 heavy (non-hydrogen) atoms. The molecule has 4 aliphatic rings. The van der Waals surface area contributed by atoms with Crippen molar-refractivity contribution in [2.24, 2.45) is 16.7 Å². The Kier molecular flexibility index (Phi) is 1.64. The highest BCUT2D eigenvalue weighted by atomic mass is 15.3. The van der Waals surface area contributed by atoms with Crippen LogP contribution in [0.15, 0.2) is 12.7 Å². The Morgan fingerprint density at radius 1 is 0.941 bits per heavy atom. The van der Waals surface area contributed by atoms with Gasteiger partial charge in [0.25, 0.3) is 0 Å².